The summed E-state index contributed by atoms with van der Waals surface area (Å²) >= 11 is 0. The molecule has 6 heteroatoms. The largest absolute Gasteiger partial charge is 0.493 e. The number of benzene rings is 3. The van der Waals surface area contributed by atoms with E-state index >= 15 is 0 Å². The van der Waals surface area contributed by atoms with E-state index in [0.717, 1.165) is 0 Å². The standard InChI is InChI=1S/C27H31NO5/c1-29-23-14-9-15-24(30-2)26(23)31-17-16-28-18-22-19-32-27(33-22)25(20-10-5-3-6-11-20)21-12-7-4-8-13-21/h3-15,22,25,27-28H,16-19H2,1-2H3/t22?,27-/m0/s1. The number of nitrogens with one attached hydrogen (secondary N) is 1. The molecule has 1 saturated heterocycles. The number of ether oxygens (including phenoxy) is 5. The maximum Gasteiger partial charge on any atom is 0.203 e. The second-order valence-corrected chi connectivity index (χ2v) is 7.80. The van der Waals surface area contributed by atoms with Gasteiger partial charge in [0.2, 0.25) is 5.75 Å². The Bertz CT molecular complexity index is 921. The Hall–Kier alpha value is -3.06. The Morgan fingerprint density at radius 3 is 2.03 bits per heavy atom. The minimum Gasteiger partial charge on any atom is -0.493 e. The van der Waals surface area contributed by atoms with Gasteiger partial charge >= 0.3 is 0 Å². The Morgan fingerprint density at radius 1 is 0.848 bits per heavy atom. The predicted octanol–water partition coefficient (Wildman–Crippen LogP) is 4.25. The Morgan fingerprint density at radius 2 is 1.45 bits per heavy atom. The summed E-state index contributed by atoms with van der Waals surface area (Å²) in [5.74, 6) is 1.94. The van der Waals surface area contributed by atoms with Crippen LogP contribution in [0.1, 0.15) is 17.0 Å². The molecule has 4 rings (SSSR count). The zero-order chi connectivity index (χ0) is 22.9. The van der Waals surface area contributed by atoms with Gasteiger partial charge in [-0.15, -0.1) is 0 Å². The smallest absolute Gasteiger partial charge is 0.203 e. The van der Waals surface area contributed by atoms with E-state index in [4.69, 9.17) is 23.7 Å². The maximum atomic E-state index is 6.30. The molecule has 174 valence electrons. The highest BCUT2D eigenvalue weighted by Gasteiger charge is 2.34. The number of methoxy groups -OCH3 is 2. The molecule has 2 atom stereocenters. The lowest BCUT2D eigenvalue weighted by molar-refractivity contribution is -0.0669. The first-order valence-corrected chi connectivity index (χ1v) is 11.2. The lowest BCUT2D eigenvalue weighted by atomic mass is 9.91. The molecular formula is C27H31NO5. The van der Waals surface area contributed by atoms with Crippen LogP contribution in [-0.4, -0.2) is 52.9 Å². The molecule has 6 nitrogen and oxygen atoms in total. The van der Waals surface area contributed by atoms with Crippen LogP contribution in [0.5, 0.6) is 17.2 Å². The van der Waals surface area contributed by atoms with Crippen LogP contribution in [-0.2, 0) is 9.47 Å². The van der Waals surface area contributed by atoms with E-state index in [1.165, 1.54) is 11.1 Å². The van der Waals surface area contributed by atoms with Crippen molar-refractivity contribution >= 4 is 0 Å². The molecule has 1 heterocycles. The number of hydrogen-bond acceptors (Lipinski definition) is 6. The summed E-state index contributed by atoms with van der Waals surface area (Å²) in [5, 5.41) is 3.40. The minimum absolute atomic E-state index is 0.0225. The summed E-state index contributed by atoms with van der Waals surface area (Å²) in [4.78, 5) is 0. The second kappa shape index (κ2) is 11.7. The molecule has 0 aliphatic carbocycles. The third-order valence-electron chi connectivity index (χ3n) is 5.64. The highest BCUT2D eigenvalue weighted by atomic mass is 16.7. The van der Waals surface area contributed by atoms with Crippen molar-refractivity contribution in [3.8, 4) is 17.2 Å². The van der Waals surface area contributed by atoms with Gasteiger partial charge in [-0.25, -0.2) is 0 Å². The molecule has 0 aromatic heterocycles. The van der Waals surface area contributed by atoms with E-state index < -0.39 is 0 Å². The van der Waals surface area contributed by atoms with Crippen LogP contribution in [0.25, 0.3) is 0 Å². The predicted molar refractivity (Wildman–Crippen MR) is 127 cm³/mol. The number of rotatable bonds is 11. The van der Waals surface area contributed by atoms with Crippen molar-refractivity contribution in [3.63, 3.8) is 0 Å². The molecular weight excluding hydrogens is 418 g/mol. The highest BCUT2D eigenvalue weighted by molar-refractivity contribution is 5.51. The first-order valence-electron chi connectivity index (χ1n) is 11.2. The van der Waals surface area contributed by atoms with Gasteiger partial charge in [0.15, 0.2) is 17.8 Å². The summed E-state index contributed by atoms with van der Waals surface area (Å²) in [7, 11) is 3.23. The van der Waals surface area contributed by atoms with E-state index in [-0.39, 0.29) is 18.3 Å². The van der Waals surface area contributed by atoms with E-state index in [2.05, 4.69) is 53.8 Å². The normalized spacial score (nSPS) is 17.8. The Labute approximate surface area is 195 Å². The van der Waals surface area contributed by atoms with E-state index in [0.29, 0.717) is 43.6 Å². The fourth-order valence-corrected chi connectivity index (χ4v) is 4.03. The Balaban J connectivity index is 1.29. The topological polar surface area (TPSA) is 58.2 Å². The fourth-order valence-electron chi connectivity index (χ4n) is 4.03. The van der Waals surface area contributed by atoms with Gasteiger partial charge in [0.1, 0.15) is 6.61 Å². The molecule has 0 saturated carbocycles. The molecule has 1 unspecified atom stereocenters. The van der Waals surface area contributed by atoms with Crippen molar-refractivity contribution in [1.29, 1.82) is 0 Å². The summed E-state index contributed by atoms with van der Waals surface area (Å²) < 4.78 is 29.0. The first-order chi connectivity index (χ1) is 16.3. The molecule has 1 N–H and O–H groups in total. The zero-order valence-electron chi connectivity index (χ0n) is 19.1. The summed E-state index contributed by atoms with van der Waals surface area (Å²) in [6.07, 6.45) is -0.346. The van der Waals surface area contributed by atoms with Crippen molar-refractivity contribution in [1.82, 2.24) is 5.32 Å². The molecule has 0 radical (unpaired) electrons. The zero-order valence-corrected chi connectivity index (χ0v) is 19.1. The van der Waals surface area contributed by atoms with Crippen LogP contribution >= 0.6 is 0 Å². The molecule has 3 aromatic rings. The molecule has 0 amide bonds. The van der Waals surface area contributed by atoms with E-state index in [9.17, 15) is 0 Å². The van der Waals surface area contributed by atoms with Crippen LogP contribution in [0.15, 0.2) is 78.9 Å². The second-order valence-electron chi connectivity index (χ2n) is 7.80. The van der Waals surface area contributed by atoms with Gasteiger partial charge in [0.05, 0.1) is 32.8 Å². The number of para-hydroxylation sites is 1. The van der Waals surface area contributed by atoms with Crippen molar-refractivity contribution in [2.75, 3.05) is 40.5 Å². The molecule has 33 heavy (non-hydrogen) atoms. The third-order valence-corrected chi connectivity index (χ3v) is 5.64. The lowest BCUT2D eigenvalue weighted by Gasteiger charge is -2.24. The van der Waals surface area contributed by atoms with Crippen molar-refractivity contribution < 1.29 is 23.7 Å². The molecule has 1 aliphatic heterocycles. The van der Waals surface area contributed by atoms with E-state index in [1.54, 1.807) is 14.2 Å². The van der Waals surface area contributed by atoms with Crippen molar-refractivity contribution in [2.24, 2.45) is 0 Å². The third kappa shape index (κ3) is 5.85. The minimum atomic E-state index is -0.323. The van der Waals surface area contributed by atoms with Gasteiger partial charge in [-0.3, -0.25) is 0 Å². The molecule has 1 fully saturated rings. The summed E-state index contributed by atoms with van der Waals surface area (Å²) in [5.41, 5.74) is 2.36. The van der Waals surface area contributed by atoms with Crippen LogP contribution in [0, 0.1) is 0 Å². The van der Waals surface area contributed by atoms with Crippen LogP contribution < -0.4 is 19.5 Å². The van der Waals surface area contributed by atoms with Crippen LogP contribution in [0.4, 0.5) is 0 Å². The number of hydrogen-bond donors (Lipinski definition) is 1. The van der Waals surface area contributed by atoms with Crippen LogP contribution in [0.3, 0.4) is 0 Å². The van der Waals surface area contributed by atoms with Gasteiger partial charge in [0.25, 0.3) is 0 Å². The van der Waals surface area contributed by atoms with Gasteiger partial charge < -0.3 is 29.0 Å². The van der Waals surface area contributed by atoms with Gasteiger partial charge in [-0.2, -0.15) is 0 Å². The lowest BCUT2D eigenvalue weighted by Crippen LogP contribution is -2.32. The fraction of sp³-hybridized carbons (Fsp3) is 0.333. The highest BCUT2D eigenvalue weighted by Crippen LogP contribution is 2.36. The van der Waals surface area contributed by atoms with Crippen molar-refractivity contribution in [3.05, 3.63) is 90.0 Å². The Kier molecular flexibility index (Phi) is 8.19. The molecule has 1 aliphatic rings. The monoisotopic (exact) mass is 449 g/mol. The van der Waals surface area contributed by atoms with Crippen LogP contribution in [0.2, 0.25) is 0 Å². The van der Waals surface area contributed by atoms with Crippen molar-refractivity contribution in [2.45, 2.75) is 18.3 Å². The molecule has 3 aromatic carbocycles. The molecule has 0 spiro atoms. The maximum absolute atomic E-state index is 6.30. The van der Waals surface area contributed by atoms with Gasteiger partial charge in [-0.1, -0.05) is 66.7 Å². The van der Waals surface area contributed by atoms with E-state index in [1.807, 2.05) is 30.3 Å². The quantitative estimate of drug-likeness (QED) is 0.442. The average Bonchev–Trinajstić information content (AvgIpc) is 3.33. The first kappa shape index (κ1) is 23.1. The van der Waals surface area contributed by atoms with Gasteiger partial charge in [-0.05, 0) is 23.3 Å². The summed E-state index contributed by atoms with van der Waals surface area (Å²) in [6, 6.07) is 26.3. The SMILES string of the molecule is COc1cccc(OC)c1OCCNCC1CO[C@H](C(c2ccccc2)c2ccccc2)O1. The van der Waals surface area contributed by atoms with Gasteiger partial charge in [0, 0.05) is 13.1 Å². The molecule has 0 bridgehead atoms. The average molecular weight is 450 g/mol. The summed E-state index contributed by atoms with van der Waals surface area (Å²) in [6.45, 7) is 2.37.